The summed E-state index contributed by atoms with van der Waals surface area (Å²) in [5.74, 6) is 0.976. The van der Waals surface area contributed by atoms with Gasteiger partial charge in [-0.1, -0.05) is 127 Å². The van der Waals surface area contributed by atoms with E-state index in [2.05, 4.69) is 37.3 Å². The molecule has 0 radical (unpaired) electrons. The van der Waals surface area contributed by atoms with Gasteiger partial charge < -0.3 is 4.74 Å². The number of hydrogen-bond acceptors (Lipinski definition) is 2. The molecule has 0 N–H and O–H groups in total. The van der Waals surface area contributed by atoms with Gasteiger partial charge in [-0.3, -0.25) is 0 Å². The second-order valence-corrected chi connectivity index (χ2v) is 8.46. The van der Waals surface area contributed by atoms with Crippen LogP contribution in [0.25, 0.3) is 0 Å². The third-order valence-electron chi connectivity index (χ3n) is 5.89. The zero-order chi connectivity index (χ0) is 19.7. The largest absolute Gasteiger partial charge is 0.478 e. The second-order valence-electron chi connectivity index (χ2n) is 8.46. The normalized spacial score (nSPS) is 16.2. The van der Waals surface area contributed by atoms with Crippen molar-refractivity contribution in [3.63, 3.8) is 0 Å². The predicted octanol–water partition coefficient (Wildman–Crippen LogP) is 8.42. The Morgan fingerprint density at radius 2 is 1.21 bits per heavy atom. The molecule has 1 aliphatic heterocycles. The molecular weight excluding hydrogens is 342 g/mol. The molecule has 158 valence electrons. The third kappa shape index (κ3) is 10.3. The van der Waals surface area contributed by atoms with Crippen LogP contribution in [0.3, 0.4) is 0 Å². The first-order valence-electron chi connectivity index (χ1n) is 12.1. The summed E-state index contributed by atoms with van der Waals surface area (Å²) < 4.78 is 5.79. The van der Waals surface area contributed by atoms with Crippen molar-refractivity contribution in [3.05, 3.63) is 35.9 Å². The molecule has 1 aromatic carbocycles. The van der Waals surface area contributed by atoms with E-state index in [-0.39, 0.29) is 6.04 Å². The molecule has 2 nitrogen and oxygen atoms in total. The van der Waals surface area contributed by atoms with Gasteiger partial charge in [-0.2, -0.15) is 0 Å². The maximum absolute atomic E-state index is 5.79. The molecule has 28 heavy (non-hydrogen) atoms. The van der Waals surface area contributed by atoms with Gasteiger partial charge >= 0.3 is 0 Å². The average Bonchev–Trinajstić information content (AvgIpc) is 3.20. The minimum atomic E-state index is 0.215. The van der Waals surface area contributed by atoms with E-state index in [1.807, 2.05) is 0 Å². The summed E-state index contributed by atoms with van der Waals surface area (Å²) >= 11 is 0. The van der Waals surface area contributed by atoms with E-state index in [4.69, 9.17) is 9.73 Å². The molecule has 0 aromatic heterocycles. The lowest BCUT2D eigenvalue weighted by Crippen LogP contribution is -1.99. The van der Waals surface area contributed by atoms with Crippen molar-refractivity contribution in [2.24, 2.45) is 4.99 Å². The molecule has 0 aliphatic carbocycles. The summed E-state index contributed by atoms with van der Waals surface area (Å²) in [6.07, 6.45) is 22.1. The summed E-state index contributed by atoms with van der Waals surface area (Å²) in [5.41, 5.74) is 1.27. The van der Waals surface area contributed by atoms with Crippen LogP contribution in [0.2, 0.25) is 0 Å². The predicted molar refractivity (Wildman–Crippen MR) is 122 cm³/mol. The smallest absolute Gasteiger partial charge is 0.184 e. The van der Waals surface area contributed by atoms with Crippen LogP contribution >= 0.6 is 0 Å². The highest BCUT2D eigenvalue weighted by atomic mass is 16.5. The lowest BCUT2D eigenvalue weighted by Gasteiger charge is -2.04. The summed E-state index contributed by atoms with van der Waals surface area (Å²) in [6.45, 7) is 3.01. The van der Waals surface area contributed by atoms with Crippen molar-refractivity contribution in [1.29, 1.82) is 0 Å². The maximum Gasteiger partial charge on any atom is 0.184 e. The SMILES string of the molecule is CCCCCCCCCCCCCCCCCC1=N[C@@H](c2ccccc2)CO1. The number of rotatable bonds is 17. The molecular formula is C26H43NO. The third-order valence-corrected chi connectivity index (χ3v) is 5.89. The second kappa shape index (κ2) is 15.6. The standard InChI is InChI=1S/C26H43NO/c1-2-3-4-5-6-7-8-9-10-11-12-13-14-15-19-22-26-27-25(23-28-26)24-20-17-16-18-21-24/h16-18,20-21,25H,2-15,19,22-23H2,1H3/t25-/m1/s1. The summed E-state index contributed by atoms with van der Waals surface area (Å²) in [7, 11) is 0. The molecule has 1 atom stereocenters. The lowest BCUT2D eigenvalue weighted by atomic mass is 10.0. The van der Waals surface area contributed by atoms with Crippen molar-refractivity contribution in [1.82, 2.24) is 0 Å². The van der Waals surface area contributed by atoms with Gasteiger partial charge in [-0.05, 0) is 12.0 Å². The zero-order valence-electron chi connectivity index (χ0n) is 18.3. The number of hydrogen-bond donors (Lipinski definition) is 0. The van der Waals surface area contributed by atoms with E-state index >= 15 is 0 Å². The highest BCUT2D eigenvalue weighted by Crippen LogP contribution is 2.24. The Bertz CT molecular complexity index is 510. The summed E-state index contributed by atoms with van der Waals surface area (Å²) in [6, 6.07) is 10.7. The van der Waals surface area contributed by atoms with Gasteiger partial charge in [0.2, 0.25) is 0 Å². The van der Waals surface area contributed by atoms with Gasteiger partial charge in [0.15, 0.2) is 5.90 Å². The Morgan fingerprint density at radius 3 is 1.75 bits per heavy atom. The summed E-state index contributed by atoms with van der Waals surface area (Å²) in [4.78, 5) is 4.76. The molecule has 0 bridgehead atoms. The number of nitrogens with zero attached hydrogens (tertiary/aromatic N) is 1. The molecule has 1 heterocycles. The van der Waals surface area contributed by atoms with Crippen LogP contribution in [-0.2, 0) is 4.74 Å². The Morgan fingerprint density at radius 1 is 0.714 bits per heavy atom. The molecule has 2 heteroatoms. The van der Waals surface area contributed by atoms with Crippen molar-refractivity contribution in [2.45, 2.75) is 116 Å². The van der Waals surface area contributed by atoms with E-state index in [0.29, 0.717) is 0 Å². The number of unbranched alkanes of at least 4 members (excludes halogenated alkanes) is 14. The highest BCUT2D eigenvalue weighted by Gasteiger charge is 2.19. The van der Waals surface area contributed by atoms with Crippen LogP contribution < -0.4 is 0 Å². The molecule has 2 rings (SSSR count). The molecule has 1 aromatic rings. The van der Waals surface area contributed by atoms with E-state index in [1.54, 1.807) is 0 Å². The molecule has 0 saturated heterocycles. The summed E-state index contributed by atoms with van der Waals surface area (Å²) in [5, 5.41) is 0. The van der Waals surface area contributed by atoms with Crippen LogP contribution in [0.4, 0.5) is 0 Å². The Labute approximate surface area is 174 Å². The van der Waals surface area contributed by atoms with Crippen molar-refractivity contribution < 1.29 is 4.74 Å². The Hall–Kier alpha value is -1.31. The molecule has 0 amide bonds. The number of ether oxygens (including phenoxy) is 1. The van der Waals surface area contributed by atoms with Crippen LogP contribution in [0, 0.1) is 0 Å². The van der Waals surface area contributed by atoms with Crippen LogP contribution in [-0.4, -0.2) is 12.5 Å². The lowest BCUT2D eigenvalue weighted by molar-refractivity contribution is 0.310. The minimum absolute atomic E-state index is 0.215. The van der Waals surface area contributed by atoms with E-state index < -0.39 is 0 Å². The van der Waals surface area contributed by atoms with E-state index in [9.17, 15) is 0 Å². The van der Waals surface area contributed by atoms with E-state index in [1.165, 1.54) is 102 Å². The fourth-order valence-electron chi connectivity index (χ4n) is 4.05. The fourth-order valence-corrected chi connectivity index (χ4v) is 4.05. The Balaban J connectivity index is 1.35. The van der Waals surface area contributed by atoms with Crippen molar-refractivity contribution in [2.75, 3.05) is 6.61 Å². The van der Waals surface area contributed by atoms with Crippen molar-refractivity contribution in [3.8, 4) is 0 Å². The van der Waals surface area contributed by atoms with Crippen molar-refractivity contribution >= 4 is 5.90 Å². The molecule has 0 fully saturated rings. The van der Waals surface area contributed by atoms with Gasteiger partial charge in [0.05, 0.1) is 0 Å². The van der Waals surface area contributed by atoms with Gasteiger partial charge in [-0.15, -0.1) is 0 Å². The molecule has 1 aliphatic rings. The highest BCUT2D eigenvalue weighted by molar-refractivity contribution is 5.77. The van der Waals surface area contributed by atoms with Gasteiger partial charge in [0, 0.05) is 6.42 Å². The first kappa shape index (κ1) is 23.0. The maximum atomic E-state index is 5.79. The minimum Gasteiger partial charge on any atom is -0.478 e. The van der Waals surface area contributed by atoms with Crippen LogP contribution in [0.5, 0.6) is 0 Å². The average molecular weight is 386 g/mol. The van der Waals surface area contributed by atoms with Crippen LogP contribution in [0.15, 0.2) is 35.3 Å². The molecule has 0 spiro atoms. The zero-order valence-corrected chi connectivity index (χ0v) is 18.3. The molecule has 0 unspecified atom stereocenters. The molecule has 0 saturated carbocycles. The number of aliphatic imine (C=N–C) groups is 1. The number of benzene rings is 1. The first-order chi connectivity index (χ1) is 13.9. The fraction of sp³-hybridized carbons (Fsp3) is 0.731. The van der Waals surface area contributed by atoms with Gasteiger partial charge in [0.1, 0.15) is 12.6 Å². The van der Waals surface area contributed by atoms with Gasteiger partial charge in [0.25, 0.3) is 0 Å². The van der Waals surface area contributed by atoms with Gasteiger partial charge in [-0.25, -0.2) is 4.99 Å². The van der Waals surface area contributed by atoms with Crippen LogP contribution in [0.1, 0.15) is 121 Å². The Kier molecular flexibility index (Phi) is 12.8. The topological polar surface area (TPSA) is 21.6 Å². The first-order valence-corrected chi connectivity index (χ1v) is 12.1. The quantitative estimate of drug-likeness (QED) is 0.247. The van der Waals surface area contributed by atoms with E-state index in [0.717, 1.165) is 18.9 Å². The monoisotopic (exact) mass is 385 g/mol.